The molecular formula is C13H23N3S2. The van der Waals surface area contributed by atoms with Gasteiger partial charge in [-0.3, -0.25) is 0 Å². The van der Waals surface area contributed by atoms with Crippen LogP contribution in [0.5, 0.6) is 0 Å². The Morgan fingerprint density at radius 1 is 1.44 bits per heavy atom. The SMILES string of the molecule is CCC1SCCSC1C(N)Cc1nccn1CC. The number of nitrogens with zero attached hydrogens (tertiary/aromatic N) is 2. The minimum absolute atomic E-state index is 0.223. The van der Waals surface area contributed by atoms with Gasteiger partial charge in [0, 0.05) is 53.4 Å². The minimum atomic E-state index is 0.223. The maximum atomic E-state index is 6.44. The van der Waals surface area contributed by atoms with Crippen molar-refractivity contribution in [3.63, 3.8) is 0 Å². The smallest absolute Gasteiger partial charge is 0.110 e. The van der Waals surface area contributed by atoms with Crippen LogP contribution in [0.2, 0.25) is 0 Å². The van der Waals surface area contributed by atoms with Crippen LogP contribution >= 0.6 is 23.5 Å². The molecule has 1 aliphatic heterocycles. The topological polar surface area (TPSA) is 43.8 Å². The number of hydrogen-bond donors (Lipinski definition) is 1. The molecule has 1 aromatic rings. The molecule has 102 valence electrons. The van der Waals surface area contributed by atoms with Crippen molar-refractivity contribution in [3.05, 3.63) is 18.2 Å². The number of hydrogen-bond acceptors (Lipinski definition) is 4. The van der Waals surface area contributed by atoms with E-state index in [2.05, 4.69) is 46.9 Å². The number of aryl methyl sites for hydroxylation is 1. The number of nitrogens with two attached hydrogens (primary N) is 1. The van der Waals surface area contributed by atoms with E-state index in [1.807, 2.05) is 12.4 Å². The van der Waals surface area contributed by atoms with Gasteiger partial charge in [0.15, 0.2) is 0 Å². The lowest BCUT2D eigenvalue weighted by atomic mass is 10.1. The van der Waals surface area contributed by atoms with Crippen molar-refractivity contribution in [2.45, 2.75) is 49.8 Å². The summed E-state index contributed by atoms with van der Waals surface area (Å²) in [7, 11) is 0. The maximum absolute atomic E-state index is 6.44. The van der Waals surface area contributed by atoms with E-state index in [-0.39, 0.29) is 6.04 Å². The molecule has 5 heteroatoms. The van der Waals surface area contributed by atoms with Gasteiger partial charge in [-0.1, -0.05) is 6.92 Å². The lowest BCUT2D eigenvalue weighted by molar-refractivity contribution is 0.563. The van der Waals surface area contributed by atoms with Crippen molar-refractivity contribution in [2.75, 3.05) is 11.5 Å². The molecular weight excluding hydrogens is 262 g/mol. The van der Waals surface area contributed by atoms with E-state index in [0.29, 0.717) is 10.5 Å². The molecule has 2 N–H and O–H groups in total. The van der Waals surface area contributed by atoms with E-state index >= 15 is 0 Å². The Labute approximate surface area is 118 Å². The summed E-state index contributed by atoms with van der Waals surface area (Å²) in [6.45, 7) is 5.40. The molecule has 1 aromatic heterocycles. The van der Waals surface area contributed by atoms with Crippen LogP contribution in [0.1, 0.15) is 26.1 Å². The summed E-state index contributed by atoms with van der Waals surface area (Å²) in [5, 5.41) is 1.29. The summed E-state index contributed by atoms with van der Waals surface area (Å²) in [5.74, 6) is 3.65. The Kier molecular flexibility index (Phi) is 5.45. The highest BCUT2D eigenvalue weighted by molar-refractivity contribution is 8.07. The van der Waals surface area contributed by atoms with Gasteiger partial charge >= 0.3 is 0 Å². The molecule has 0 bridgehead atoms. The molecule has 1 saturated heterocycles. The zero-order valence-electron chi connectivity index (χ0n) is 11.2. The van der Waals surface area contributed by atoms with Crippen LogP contribution in [0.15, 0.2) is 12.4 Å². The van der Waals surface area contributed by atoms with Crippen molar-refractivity contribution in [2.24, 2.45) is 5.73 Å². The van der Waals surface area contributed by atoms with Gasteiger partial charge in [0.1, 0.15) is 5.82 Å². The van der Waals surface area contributed by atoms with Gasteiger partial charge < -0.3 is 10.3 Å². The highest BCUT2D eigenvalue weighted by Gasteiger charge is 2.30. The maximum Gasteiger partial charge on any atom is 0.110 e. The van der Waals surface area contributed by atoms with E-state index < -0.39 is 0 Å². The van der Waals surface area contributed by atoms with Gasteiger partial charge in [0.05, 0.1) is 0 Å². The number of imidazole rings is 1. The fourth-order valence-electron chi connectivity index (χ4n) is 2.48. The van der Waals surface area contributed by atoms with Gasteiger partial charge in [-0.15, -0.1) is 0 Å². The molecule has 3 nitrogen and oxygen atoms in total. The predicted molar refractivity (Wildman–Crippen MR) is 82.4 cm³/mol. The summed E-state index contributed by atoms with van der Waals surface area (Å²) < 4.78 is 2.20. The quantitative estimate of drug-likeness (QED) is 0.902. The fraction of sp³-hybridized carbons (Fsp3) is 0.769. The molecule has 18 heavy (non-hydrogen) atoms. The molecule has 3 unspecified atom stereocenters. The fourth-order valence-corrected chi connectivity index (χ4v) is 5.67. The van der Waals surface area contributed by atoms with Crippen molar-refractivity contribution < 1.29 is 0 Å². The normalized spacial score (nSPS) is 26.2. The van der Waals surface area contributed by atoms with Crippen LogP contribution < -0.4 is 5.73 Å². The predicted octanol–water partition coefficient (Wildman–Crippen LogP) is 2.40. The van der Waals surface area contributed by atoms with Gasteiger partial charge in [-0.25, -0.2) is 4.98 Å². The second-order valence-corrected chi connectivity index (χ2v) is 7.28. The van der Waals surface area contributed by atoms with Crippen LogP contribution in [0.4, 0.5) is 0 Å². The average Bonchev–Trinajstić information content (AvgIpc) is 2.85. The standard InChI is InChI=1S/C13H23N3S2/c1-3-11-13(18-8-7-17-11)10(14)9-12-15-5-6-16(12)4-2/h5-6,10-11,13H,3-4,7-9,14H2,1-2H3. The molecule has 0 spiro atoms. The first-order valence-corrected chi connectivity index (χ1v) is 8.84. The van der Waals surface area contributed by atoms with E-state index in [9.17, 15) is 0 Å². The van der Waals surface area contributed by atoms with Gasteiger partial charge in [0.25, 0.3) is 0 Å². The summed E-state index contributed by atoms with van der Waals surface area (Å²) in [5.41, 5.74) is 6.44. The molecule has 2 rings (SSSR count). The highest BCUT2D eigenvalue weighted by atomic mass is 32.2. The second kappa shape index (κ2) is 6.87. The van der Waals surface area contributed by atoms with Crippen molar-refractivity contribution in [1.29, 1.82) is 0 Å². The van der Waals surface area contributed by atoms with Crippen LogP contribution in [-0.2, 0) is 13.0 Å². The van der Waals surface area contributed by atoms with Crippen molar-refractivity contribution in [1.82, 2.24) is 9.55 Å². The Hall–Kier alpha value is -0.130. The summed E-state index contributed by atoms with van der Waals surface area (Å²) in [4.78, 5) is 4.44. The molecule has 1 aliphatic rings. The molecule has 0 saturated carbocycles. The molecule has 0 radical (unpaired) electrons. The number of aromatic nitrogens is 2. The lowest BCUT2D eigenvalue weighted by Crippen LogP contribution is -2.43. The first-order chi connectivity index (χ1) is 8.76. The van der Waals surface area contributed by atoms with Gasteiger partial charge in [-0.05, 0) is 13.3 Å². The van der Waals surface area contributed by atoms with E-state index in [4.69, 9.17) is 5.73 Å². The molecule has 1 fully saturated rings. The molecule has 0 amide bonds. The minimum Gasteiger partial charge on any atom is -0.335 e. The lowest BCUT2D eigenvalue weighted by Gasteiger charge is -2.34. The highest BCUT2D eigenvalue weighted by Crippen LogP contribution is 2.35. The monoisotopic (exact) mass is 285 g/mol. The largest absolute Gasteiger partial charge is 0.335 e. The molecule has 3 atom stereocenters. The number of thioether (sulfide) groups is 2. The van der Waals surface area contributed by atoms with Gasteiger partial charge in [-0.2, -0.15) is 23.5 Å². The van der Waals surface area contributed by atoms with E-state index in [1.54, 1.807) is 0 Å². The zero-order chi connectivity index (χ0) is 13.0. The van der Waals surface area contributed by atoms with Gasteiger partial charge in [0.2, 0.25) is 0 Å². The summed E-state index contributed by atoms with van der Waals surface area (Å²) in [6.07, 6.45) is 6.04. The second-order valence-electron chi connectivity index (χ2n) is 4.65. The molecule has 0 aromatic carbocycles. The van der Waals surface area contributed by atoms with Crippen molar-refractivity contribution in [3.8, 4) is 0 Å². The molecule has 0 aliphatic carbocycles. The third kappa shape index (κ3) is 3.25. The summed E-state index contributed by atoms with van der Waals surface area (Å²) >= 11 is 4.15. The van der Waals surface area contributed by atoms with E-state index in [0.717, 1.165) is 18.8 Å². The van der Waals surface area contributed by atoms with Crippen LogP contribution in [-0.4, -0.2) is 37.6 Å². The first kappa shape index (κ1) is 14.3. The Morgan fingerprint density at radius 3 is 2.94 bits per heavy atom. The van der Waals surface area contributed by atoms with Crippen LogP contribution in [0.25, 0.3) is 0 Å². The Balaban J connectivity index is 1.99. The Bertz CT molecular complexity index is 367. The number of rotatable bonds is 5. The van der Waals surface area contributed by atoms with Crippen LogP contribution in [0.3, 0.4) is 0 Å². The van der Waals surface area contributed by atoms with Crippen LogP contribution in [0, 0.1) is 0 Å². The third-order valence-electron chi connectivity index (χ3n) is 3.48. The third-order valence-corrected chi connectivity index (χ3v) is 6.91. The molecule has 2 heterocycles. The average molecular weight is 285 g/mol. The zero-order valence-corrected chi connectivity index (χ0v) is 12.8. The first-order valence-electron chi connectivity index (χ1n) is 6.75. The Morgan fingerprint density at radius 2 is 2.22 bits per heavy atom. The van der Waals surface area contributed by atoms with Crippen molar-refractivity contribution >= 4 is 23.5 Å². The summed E-state index contributed by atoms with van der Waals surface area (Å²) in [6, 6.07) is 0.223. The van der Waals surface area contributed by atoms with E-state index in [1.165, 1.54) is 17.9 Å².